The molecule has 0 saturated carbocycles. The lowest BCUT2D eigenvalue weighted by molar-refractivity contribution is -0.123. The molecule has 0 fully saturated rings. The summed E-state index contributed by atoms with van der Waals surface area (Å²) in [4.78, 5) is 12.5. The monoisotopic (exact) mass is 374 g/mol. The summed E-state index contributed by atoms with van der Waals surface area (Å²) >= 11 is 0. The van der Waals surface area contributed by atoms with Crippen molar-refractivity contribution in [2.45, 2.75) is 50.6 Å². The second kappa shape index (κ2) is 8.47. The summed E-state index contributed by atoms with van der Waals surface area (Å²) in [7, 11) is -3.73. The summed E-state index contributed by atoms with van der Waals surface area (Å²) in [6.07, 6.45) is 0. The Kier molecular flexibility index (Phi) is 6.56. The molecule has 140 valence electrons. The maximum absolute atomic E-state index is 12.4. The van der Waals surface area contributed by atoms with Crippen molar-refractivity contribution in [3.05, 3.63) is 65.7 Å². The van der Waals surface area contributed by atoms with Gasteiger partial charge < -0.3 is 5.32 Å². The van der Waals surface area contributed by atoms with E-state index >= 15 is 0 Å². The van der Waals surface area contributed by atoms with E-state index in [1.807, 2.05) is 31.2 Å². The molecule has 2 aromatic carbocycles. The highest BCUT2D eigenvalue weighted by atomic mass is 32.2. The van der Waals surface area contributed by atoms with E-state index < -0.39 is 16.1 Å². The summed E-state index contributed by atoms with van der Waals surface area (Å²) in [5, 5.41) is 2.85. The van der Waals surface area contributed by atoms with Crippen LogP contribution >= 0.6 is 0 Å². The topological polar surface area (TPSA) is 75.3 Å². The van der Waals surface area contributed by atoms with Gasteiger partial charge in [0.2, 0.25) is 15.9 Å². The highest BCUT2D eigenvalue weighted by Gasteiger charge is 2.23. The fourth-order valence-electron chi connectivity index (χ4n) is 2.55. The summed E-state index contributed by atoms with van der Waals surface area (Å²) in [6.45, 7) is 7.66. The van der Waals surface area contributed by atoms with E-state index in [1.54, 1.807) is 18.2 Å². The van der Waals surface area contributed by atoms with Crippen molar-refractivity contribution in [1.29, 1.82) is 0 Å². The van der Waals surface area contributed by atoms with Crippen molar-refractivity contribution < 1.29 is 13.2 Å². The van der Waals surface area contributed by atoms with Crippen LogP contribution < -0.4 is 10.0 Å². The molecule has 0 aromatic heterocycles. The average Bonchev–Trinajstić information content (AvgIpc) is 2.62. The lowest BCUT2D eigenvalue weighted by Gasteiger charge is -2.19. The van der Waals surface area contributed by atoms with Crippen molar-refractivity contribution in [3.8, 4) is 0 Å². The van der Waals surface area contributed by atoms with E-state index in [9.17, 15) is 13.2 Å². The van der Waals surface area contributed by atoms with Crippen LogP contribution in [0, 0.1) is 0 Å². The van der Waals surface area contributed by atoms with E-state index in [2.05, 4.69) is 23.9 Å². The lowest BCUT2D eigenvalue weighted by atomic mass is 9.99. The van der Waals surface area contributed by atoms with Crippen LogP contribution in [0.15, 0.2) is 59.5 Å². The van der Waals surface area contributed by atoms with Crippen molar-refractivity contribution in [1.82, 2.24) is 10.0 Å². The molecule has 2 aromatic rings. The van der Waals surface area contributed by atoms with Crippen LogP contribution in [0.4, 0.5) is 0 Å². The zero-order valence-corrected chi connectivity index (χ0v) is 16.4. The number of carbonyl (C=O) groups excluding carboxylic acids is 1. The summed E-state index contributed by atoms with van der Waals surface area (Å²) in [5.74, 6) is 0.0753. The first-order valence-corrected chi connectivity index (χ1v) is 10.2. The number of sulfonamides is 1. The Morgan fingerprint density at radius 3 is 1.92 bits per heavy atom. The van der Waals surface area contributed by atoms with Crippen molar-refractivity contribution in [2.24, 2.45) is 0 Å². The highest BCUT2D eigenvalue weighted by molar-refractivity contribution is 7.89. The van der Waals surface area contributed by atoms with Crippen LogP contribution in [0.25, 0.3) is 0 Å². The van der Waals surface area contributed by atoms with E-state index in [0.29, 0.717) is 5.92 Å². The minimum atomic E-state index is -3.73. The molecule has 6 heteroatoms. The molecule has 2 atom stereocenters. The minimum Gasteiger partial charge on any atom is -0.348 e. The Morgan fingerprint density at radius 1 is 0.846 bits per heavy atom. The van der Waals surface area contributed by atoms with Crippen molar-refractivity contribution in [2.75, 3.05) is 0 Å². The van der Waals surface area contributed by atoms with Gasteiger partial charge in [-0.15, -0.1) is 0 Å². The summed E-state index contributed by atoms with van der Waals surface area (Å²) in [5.41, 5.74) is 2.21. The van der Waals surface area contributed by atoms with Gasteiger partial charge in [0.05, 0.1) is 17.0 Å². The zero-order chi connectivity index (χ0) is 19.3. The summed E-state index contributed by atoms with van der Waals surface area (Å²) in [6, 6.07) is 15.0. The lowest BCUT2D eigenvalue weighted by Crippen LogP contribution is -2.45. The van der Waals surface area contributed by atoms with Crippen molar-refractivity contribution >= 4 is 15.9 Å². The number of rotatable bonds is 7. The third-order valence-electron chi connectivity index (χ3n) is 4.24. The molecule has 26 heavy (non-hydrogen) atoms. The zero-order valence-electron chi connectivity index (χ0n) is 15.6. The third kappa shape index (κ3) is 5.16. The van der Waals surface area contributed by atoms with Gasteiger partial charge in [-0.2, -0.15) is 4.72 Å². The maximum Gasteiger partial charge on any atom is 0.241 e. The molecule has 0 unspecified atom stereocenters. The Morgan fingerprint density at radius 2 is 1.38 bits per heavy atom. The number of benzene rings is 2. The van der Waals surface area contributed by atoms with Gasteiger partial charge in [-0.25, -0.2) is 8.42 Å². The molecule has 5 nitrogen and oxygen atoms in total. The fraction of sp³-hybridized carbons (Fsp3) is 0.350. The van der Waals surface area contributed by atoms with E-state index in [-0.39, 0.29) is 16.8 Å². The predicted octanol–water partition coefficient (Wildman–Crippen LogP) is 3.35. The molecule has 0 saturated heterocycles. The van der Waals surface area contributed by atoms with Crippen molar-refractivity contribution in [3.63, 3.8) is 0 Å². The van der Waals surface area contributed by atoms with Gasteiger partial charge in [0.15, 0.2) is 0 Å². The molecular formula is C20H26N2O3S. The maximum atomic E-state index is 12.4. The molecule has 2 rings (SSSR count). The van der Waals surface area contributed by atoms with Crippen LogP contribution in [0.2, 0.25) is 0 Å². The van der Waals surface area contributed by atoms with E-state index in [1.165, 1.54) is 24.6 Å². The molecule has 0 radical (unpaired) electrons. The smallest absolute Gasteiger partial charge is 0.241 e. The molecule has 0 bridgehead atoms. The normalized spacial score (nSPS) is 14.0. The van der Waals surface area contributed by atoms with Crippen LogP contribution in [-0.2, 0) is 14.8 Å². The fourth-order valence-corrected chi connectivity index (χ4v) is 3.77. The molecule has 1 amide bonds. The number of hydrogen-bond acceptors (Lipinski definition) is 3. The molecule has 0 aliphatic rings. The Hall–Kier alpha value is -2.18. The SMILES string of the molecule is CC(C)c1ccc([C@@H](C)NC(=O)[C@@H](C)NS(=O)(=O)c2ccccc2)cc1. The number of carbonyl (C=O) groups is 1. The van der Waals surface area contributed by atoms with E-state index in [0.717, 1.165) is 5.56 Å². The second-order valence-electron chi connectivity index (χ2n) is 6.71. The molecule has 0 aliphatic heterocycles. The molecular weight excluding hydrogens is 348 g/mol. The Bertz CT molecular complexity index is 831. The standard InChI is InChI=1S/C20H26N2O3S/c1-14(2)17-10-12-18(13-11-17)15(3)21-20(23)16(4)22-26(24,25)19-8-6-5-7-9-19/h5-16,22H,1-4H3,(H,21,23)/t15-,16-/m1/s1. The van der Waals surface area contributed by atoms with Gasteiger partial charge >= 0.3 is 0 Å². The van der Waals surface area contributed by atoms with Crippen LogP contribution in [0.3, 0.4) is 0 Å². The number of nitrogens with one attached hydrogen (secondary N) is 2. The quantitative estimate of drug-likeness (QED) is 0.780. The Labute approximate surface area is 155 Å². The van der Waals surface area contributed by atoms with Crippen LogP contribution in [0.1, 0.15) is 50.8 Å². The van der Waals surface area contributed by atoms with Gasteiger partial charge in [0.1, 0.15) is 0 Å². The average molecular weight is 375 g/mol. The van der Waals surface area contributed by atoms with Crippen LogP contribution in [-0.4, -0.2) is 20.4 Å². The molecule has 0 heterocycles. The third-order valence-corrected chi connectivity index (χ3v) is 5.80. The minimum absolute atomic E-state index is 0.136. The van der Waals surface area contributed by atoms with Gasteiger partial charge in [-0.05, 0) is 43.0 Å². The second-order valence-corrected chi connectivity index (χ2v) is 8.42. The predicted molar refractivity (Wildman–Crippen MR) is 103 cm³/mol. The van der Waals surface area contributed by atoms with Gasteiger partial charge in [-0.3, -0.25) is 4.79 Å². The van der Waals surface area contributed by atoms with Gasteiger partial charge in [-0.1, -0.05) is 56.3 Å². The number of amides is 1. The van der Waals surface area contributed by atoms with Crippen LogP contribution in [0.5, 0.6) is 0 Å². The number of hydrogen-bond donors (Lipinski definition) is 2. The highest BCUT2D eigenvalue weighted by Crippen LogP contribution is 2.18. The first kappa shape index (κ1) is 20.1. The van der Waals surface area contributed by atoms with Gasteiger partial charge in [0.25, 0.3) is 0 Å². The largest absolute Gasteiger partial charge is 0.348 e. The van der Waals surface area contributed by atoms with E-state index in [4.69, 9.17) is 0 Å². The summed E-state index contributed by atoms with van der Waals surface area (Å²) < 4.78 is 27.0. The molecule has 0 aliphatic carbocycles. The molecule has 2 N–H and O–H groups in total. The van der Waals surface area contributed by atoms with Gasteiger partial charge in [0, 0.05) is 0 Å². The first-order chi connectivity index (χ1) is 12.2. The Balaban J connectivity index is 2.00. The molecule has 0 spiro atoms. The first-order valence-electron chi connectivity index (χ1n) is 8.68.